The van der Waals surface area contributed by atoms with Crippen LogP contribution < -0.4 is 11.1 Å². The molecule has 0 aliphatic rings. The van der Waals surface area contributed by atoms with Crippen LogP contribution in [0.25, 0.3) is 16.6 Å². The number of nitrogen functional groups attached to an aromatic ring is 1. The number of aromatic nitrogens is 5. The number of amides is 1. The summed E-state index contributed by atoms with van der Waals surface area (Å²) in [6, 6.07) is 9.12. The highest BCUT2D eigenvalue weighted by molar-refractivity contribution is 6.10. The van der Waals surface area contributed by atoms with E-state index in [-0.39, 0.29) is 5.69 Å². The number of pyridine rings is 1. The highest BCUT2D eigenvalue weighted by Crippen LogP contribution is 2.23. The van der Waals surface area contributed by atoms with Crippen molar-refractivity contribution in [2.24, 2.45) is 0 Å². The molecular weight excluding hydrogens is 306 g/mol. The number of nitrogens with zero attached hydrogens (tertiary/aromatic N) is 5. The Morgan fingerprint density at radius 1 is 1.17 bits per heavy atom. The highest BCUT2D eigenvalue weighted by atomic mass is 16.1. The molecule has 118 valence electrons. The largest absolute Gasteiger partial charge is 0.396 e. The van der Waals surface area contributed by atoms with Crippen molar-refractivity contribution in [1.82, 2.24) is 24.8 Å². The molecule has 0 spiro atoms. The van der Waals surface area contributed by atoms with E-state index >= 15 is 0 Å². The number of benzene rings is 1. The fourth-order valence-electron chi connectivity index (χ4n) is 2.50. The summed E-state index contributed by atoms with van der Waals surface area (Å²) in [6.45, 7) is 1.96. The summed E-state index contributed by atoms with van der Waals surface area (Å²) < 4.78 is 1.70. The van der Waals surface area contributed by atoms with Gasteiger partial charge in [0.1, 0.15) is 6.33 Å². The minimum atomic E-state index is -0.421. The fourth-order valence-corrected chi connectivity index (χ4v) is 2.50. The molecule has 0 fully saturated rings. The zero-order valence-corrected chi connectivity index (χ0v) is 12.8. The minimum absolute atomic E-state index is 0.0928. The lowest BCUT2D eigenvalue weighted by Gasteiger charge is -2.09. The van der Waals surface area contributed by atoms with Crippen LogP contribution in [0.5, 0.6) is 0 Å². The predicted octanol–water partition coefficient (Wildman–Crippen LogP) is 1.82. The number of hydrogen-bond acceptors (Lipinski definition) is 6. The van der Waals surface area contributed by atoms with Crippen LogP contribution in [0.1, 0.15) is 16.1 Å². The Morgan fingerprint density at radius 3 is 2.92 bits per heavy atom. The number of fused-ring (bicyclic) bond motifs is 2. The average molecular weight is 319 g/mol. The molecule has 3 heterocycles. The standard InChI is InChI=1S/C16H13N7O/c1-9-2-4-11-12(6-9)20-22-15(14(11)17)16(24)19-10-3-5-13-21-18-8-23(13)7-10/h2-8H,1H3,(H2,17,20)(H,19,24). The van der Waals surface area contributed by atoms with Gasteiger partial charge in [-0.15, -0.1) is 20.4 Å². The van der Waals surface area contributed by atoms with E-state index in [4.69, 9.17) is 5.73 Å². The smallest absolute Gasteiger partial charge is 0.278 e. The number of rotatable bonds is 2. The van der Waals surface area contributed by atoms with Gasteiger partial charge in [0, 0.05) is 11.6 Å². The number of carbonyl (C=O) groups is 1. The Labute approximate surface area is 136 Å². The molecular formula is C16H13N7O. The summed E-state index contributed by atoms with van der Waals surface area (Å²) in [5.41, 5.74) is 9.49. The Bertz CT molecular complexity index is 1090. The van der Waals surface area contributed by atoms with Crippen molar-refractivity contribution >= 4 is 33.8 Å². The van der Waals surface area contributed by atoms with Crippen LogP contribution in [0.3, 0.4) is 0 Å². The Hall–Kier alpha value is -3.55. The van der Waals surface area contributed by atoms with Crippen LogP contribution in [-0.4, -0.2) is 30.7 Å². The Morgan fingerprint density at radius 2 is 2.04 bits per heavy atom. The van der Waals surface area contributed by atoms with Gasteiger partial charge in [-0.3, -0.25) is 9.20 Å². The lowest BCUT2D eigenvalue weighted by molar-refractivity contribution is 0.102. The van der Waals surface area contributed by atoms with Crippen molar-refractivity contribution in [3.05, 3.63) is 54.1 Å². The van der Waals surface area contributed by atoms with Gasteiger partial charge < -0.3 is 11.1 Å². The number of hydrogen-bond donors (Lipinski definition) is 2. The Kier molecular flexibility index (Phi) is 3.09. The van der Waals surface area contributed by atoms with E-state index in [1.54, 1.807) is 29.1 Å². The number of nitrogens with two attached hydrogens (primary N) is 1. The van der Waals surface area contributed by atoms with Crippen LogP contribution in [0.4, 0.5) is 11.4 Å². The molecule has 0 saturated carbocycles. The van der Waals surface area contributed by atoms with E-state index in [1.165, 1.54) is 0 Å². The van der Waals surface area contributed by atoms with Gasteiger partial charge in [-0.05, 0) is 30.7 Å². The minimum Gasteiger partial charge on any atom is -0.396 e. The molecule has 8 nitrogen and oxygen atoms in total. The maximum atomic E-state index is 12.5. The van der Waals surface area contributed by atoms with Crippen LogP contribution in [0.15, 0.2) is 42.9 Å². The molecule has 3 aromatic heterocycles. The predicted molar refractivity (Wildman–Crippen MR) is 89.6 cm³/mol. The van der Waals surface area contributed by atoms with Gasteiger partial charge in [0.2, 0.25) is 0 Å². The molecule has 1 aromatic carbocycles. The maximum absolute atomic E-state index is 12.5. The number of nitrogens with one attached hydrogen (secondary N) is 1. The summed E-state index contributed by atoms with van der Waals surface area (Å²) in [5.74, 6) is -0.421. The van der Waals surface area contributed by atoms with E-state index in [0.717, 1.165) is 5.56 Å². The molecule has 0 radical (unpaired) electrons. The molecule has 4 rings (SSSR count). The zero-order chi connectivity index (χ0) is 16.7. The third-order valence-electron chi connectivity index (χ3n) is 3.72. The van der Waals surface area contributed by atoms with E-state index in [2.05, 4.69) is 25.7 Å². The molecule has 0 aliphatic carbocycles. The van der Waals surface area contributed by atoms with Crippen molar-refractivity contribution in [3.63, 3.8) is 0 Å². The van der Waals surface area contributed by atoms with Crippen molar-refractivity contribution in [2.45, 2.75) is 6.92 Å². The number of carbonyl (C=O) groups excluding carboxylic acids is 1. The third-order valence-corrected chi connectivity index (χ3v) is 3.72. The second-order valence-corrected chi connectivity index (χ2v) is 5.45. The van der Waals surface area contributed by atoms with E-state index in [1.807, 2.05) is 25.1 Å². The summed E-state index contributed by atoms with van der Waals surface area (Å²) in [5, 5.41) is 19.2. The zero-order valence-electron chi connectivity index (χ0n) is 12.8. The van der Waals surface area contributed by atoms with E-state index in [0.29, 0.717) is 27.9 Å². The average Bonchev–Trinajstić information content (AvgIpc) is 3.02. The topological polar surface area (TPSA) is 111 Å². The fraction of sp³-hybridized carbons (Fsp3) is 0.0625. The van der Waals surface area contributed by atoms with Crippen LogP contribution in [0, 0.1) is 6.92 Å². The Balaban J connectivity index is 1.69. The molecule has 4 aromatic rings. The molecule has 0 bridgehead atoms. The molecule has 8 heteroatoms. The quantitative estimate of drug-likeness (QED) is 0.583. The van der Waals surface area contributed by atoms with Gasteiger partial charge in [-0.25, -0.2) is 0 Å². The lowest BCUT2D eigenvalue weighted by Crippen LogP contribution is -2.17. The summed E-state index contributed by atoms with van der Waals surface area (Å²) >= 11 is 0. The first kappa shape index (κ1) is 14.1. The molecule has 1 amide bonds. The molecule has 0 aliphatic heterocycles. The van der Waals surface area contributed by atoms with Gasteiger partial charge in [-0.2, -0.15) is 0 Å². The number of aryl methyl sites for hydroxylation is 1. The molecule has 0 atom stereocenters. The van der Waals surface area contributed by atoms with Gasteiger partial charge >= 0.3 is 0 Å². The van der Waals surface area contributed by atoms with Gasteiger partial charge in [0.05, 0.1) is 16.9 Å². The summed E-state index contributed by atoms with van der Waals surface area (Å²) in [7, 11) is 0. The lowest BCUT2D eigenvalue weighted by atomic mass is 10.1. The van der Waals surface area contributed by atoms with E-state index < -0.39 is 5.91 Å². The van der Waals surface area contributed by atoms with Gasteiger partial charge in [0.15, 0.2) is 11.3 Å². The van der Waals surface area contributed by atoms with Crippen molar-refractivity contribution < 1.29 is 4.79 Å². The van der Waals surface area contributed by atoms with Crippen LogP contribution in [0.2, 0.25) is 0 Å². The molecule has 24 heavy (non-hydrogen) atoms. The first-order valence-electron chi connectivity index (χ1n) is 7.25. The third kappa shape index (κ3) is 2.30. The van der Waals surface area contributed by atoms with E-state index in [9.17, 15) is 4.79 Å². The molecule has 0 saturated heterocycles. The van der Waals surface area contributed by atoms with Gasteiger partial charge in [-0.1, -0.05) is 12.1 Å². The second kappa shape index (κ2) is 5.27. The first-order valence-corrected chi connectivity index (χ1v) is 7.25. The van der Waals surface area contributed by atoms with Crippen LogP contribution >= 0.6 is 0 Å². The van der Waals surface area contributed by atoms with Crippen molar-refractivity contribution in [3.8, 4) is 0 Å². The van der Waals surface area contributed by atoms with Gasteiger partial charge in [0.25, 0.3) is 5.91 Å². The van der Waals surface area contributed by atoms with Crippen molar-refractivity contribution in [1.29, 1.82) is 0 Å². The normalized spacial score (nSPS) is 11.0. The maximum Gasteiger partial charge on any atom is 0.278 e. The first-order chi connectivity index (χ1) is 11.6. The second-order valence-electron chi connectivity index (χ2n) is 5.45. The molecule has 3 N–H and O–H groups in total. The highest BCUT2D eigenvalue weighted by Gasteiger charge is 2.16. The SMILES string of the molecule is Cc1ccc2c(N)c(C(=O)Nc3ccc4nncn4c3)nnc2c1. The summed E-state index contributed by atoms with van der Waals surface area (Å²) in [6.07, 6.45) is 3.26. The summed E-state index contributed by atoms with van der Waals surface area (Å²) in [4.78, 5) is 12.5. The monoisotopic (exact) mass is 319 g/mol. The number of anilines is 2. The van der Waals surface area contributed by atoms with Crippen LogP contribution in [-0.2, 0) is 0 Å². The van der Waals surface area contributed by atoms with Crippen molar-refractivity contribution in [2.75, 3.05) is 11.1 Å². The molecule has 0 unspecified atom stereocenters.